The minimum atomic E-state index is -2.22. The van der Waals surface area contributed by atoms with Gasteiger partial charge in [-0.1, -0.05) is 13.8 Å². The summed E-state index contributed by atoms with van der Waals surface area (Å²) in [6.07, 6.45) is 0.348. The van der Waals surface area contributed by atoms with E-state index in [1.165, 1.54) is 0 Å². The van der Waals surface area contributed by atoms with Gasteiger partial charge in [-0.25, -0.2) is 4.72 Å². The molecule has 12 heavy (non-hydrogen) atoms. The summed E-state index contributed by atoms with van der Waals surface area (Å²) < 4.78 is 13.9. The Labute approximate surface area is 74.7 Å². The van der Waals surface area contributed by atoms with Crippen molar-refractivity contribution < 1.29 is 9.00 Å². The van der Waals surface area contributed by atoms with Crippen molar-refractivity contribution in [3.63, 3.8) is 0 Å². The normalized spacial score (nSPS) is 16.0. The van der Waals surface area contributed by atoms with Crippen LogP contribution in [0.2, 0.25) is 0 Å². The molecule has 0 saturated carbocycles. The molecular weight excluding hydrogens is 174 g/mol. The minimum absolute atomic E-state index is 0.0251. The summed E-state index contributed by atoms with van der Waals surface area (Å²) in [5, 5.41) is 0. The Morgan fingerprint density at radius 1 is 1.58 bits per heavy atom. The Kier molecular flexibility index (Phi) is 4.49. The van der Waals surface area contributed by atoms with Crippen LogP contribution in [0.1, 0.15) is 20.3 Å². The molecule has 0 amide bonds. The molecule has 0 heterocycles. The van der Waals surface area contributed by atoms with Crippen LogP contribution >= 0.6 is 0 Å². The lowest BCUT2D eigenvalue weighted by Crippen LogP contribution is -2.24. The average molecular weight is 191 g/mol. The largest absolute Gasteiger partial charge is 0.299 e. The first-order valence-corrected chi connectivity index (χ1v) is 5.85. The maximum absolute atomic E-state index is 11.3. The maximum Gasteiger partial charge on any atom is 0.136 e. The summed E-state index contributed by atoms with van der Waals surface area (Å²) in [7, 11) is -0.626. The van der Waals surface area contributed by atoms with Crippen LogP contribution in [0.4, 0.5) is 0 Å². The van der Waals surface area contributed by atoms with Gasteiger partial charge in [-0.2, -0.15) is 0 Å². The summed E-state index contributed by atoms with van der Waals surface area (Å²) in [5.74, 6) is 3.98. The first-order chi connectivity index (χ1) is 5.39. The van der Waals surface area contributed by atoms with Crippen LogP contribution in [0, 0.1) is 5.92 Å². The van der Waals surface area contributed by atoms with Gasteiger partial charge in [0, 0.05) is 27.8 Å². The van der Waals surface area contributed by atoms with E-state index < -0.39 is 9.71 Å². The number of carbonyl (C=O) groups excluding carboxylic acids is 1. The van der Waals surface area contributed by atoms with Gasteiger partial charge >= 0.3 is 0 Å². The molecule has 1 N–H and O–H groups in total. The summed E-state index contributed by atoms with van der Waals surface area (Å²) in [6.45, 7) is 3.68. The summed E-state index contributed by atoms with van der Waals surface area (Å²) in [6, 6.07) is 0. The van der Waals surface area contributed by atoms with Gasteiger partial charge < -0.3 is 0 Å². The molecule has 3 nitrogen and oxygen atoms in total. The van der Waals surface area contributed by atoms with Crippen molar-refractivity contribution in [1.82, 2.24) is 4.72 Å². The number of Topliss-reactive ketones (excluding diaryl/α,β-unsaturated/α-hetero) is 1. The van der Waals surface area contributed by atoms with E-state index in [1.54, 1.807) is 7.05 Å². The summed E-state index contributed by atoms with van der Waals surface area (Å²) in [4.78, 5) is 11.1. The van der Waals surface area contributed by atoms with Crippen LogP contribution in [-0.4, -0.2) is 28.7 Å². The molecule has 0 rings (SSSR count). The minimum Gasteiger partial charge on any atom is -0.299 e. The van der Waals surface area contributed by atoms with Crippen molar-refractivity contribution in [2.45, 2.75) is 20.3 Å². The van der Waals surface area contributed by atoms with Crippen molar-refractivity contribution in [2.24, 2.45) is 5.92 Å². The fourth-order valence-electron chi connectivity index (χ4n) is 0.656. The molecule has 0 saturated heterocycles. The average Bonchev–Trinajstić information content (AvgIpc) is 2.00. The predicted octanol–water partition coefficient (Wildman–Crippen LogP) is 0.452. The third-order valence-corrected chi connectivity index (χ3v) is 3.30. The quantitative estimate of drug-likeness (QED) is 0.641. The smallest absolute Gasteiger partial charge is 0.136 e. The van der Waals surface area contributed by atoms with E-state index in [4.69, 9.17) is 0 Å². The van der Waals surface area contributed by atoms with Gasteiger partial charge in [0.15, 0.2) is 0 Å². The van der Waals surface area contributed by atoms with E-state index in [2.05, 4.69) is 10.6 Å². The molecule has 0 aromatic carbocycles. The molecule has 0 bridgehead atoms. The molecule has 0 aliphatic heterocycles. The zero-order chi connectivity index (χ0) is 9.78. The highest BCUT2D eigenvalue weighted by Crippen LogP contribution is 2.00. The SMILES string of the molecule is C=S(=O)(CCC(=O)C(C)C)NC. The van der Waals surface area contributed by atoms with Gasteiger partial charge in [-0.05, 0) is 12.9 Å². The van der Waals surface area contributed by atoms with Crippen LogP contribution in [0.3, 0.4) is 0 Å². The van der Waals surface area contributed by atoms with E-state index >= 15 is 0 Å². The van der Waals surface area contributed by atoms with Crippen LogP contribution < -0.4 is 4.72 Å². The summed E-state index contributed by atoms with van der Waals surface area (Å²) >= 11 is 0. The monoisotopic (exact) mass is 191 g/mol. The van der Waals surface area contributed by atoms with Crippen molar-refractivity contribution in [2.75, 3.05) is 12.8 Å². The van der Waals surface area contributed by atoms with Gasteiger partial charge in [0.05, 0.1) is 0 Å². The van der Waals surface area contributed by atoms with Crippen LogP contribution in [0.25, 0.3) is 0 Å². The number of hydrogen-bond donors (Lipinski definition) is 1. The second-order valence-electron chi connectivity index (χ2n) is 3.09. The van der Waals surface area contributed by atoms with Crippen molar-refractivity contribution in [3.05, 3.63) is 0 Å². The van der Waals surface area contributed by atoms with E-state index in [-0.39, 0.29) is 11.7 Å². The molecule has 1 unspecified atom stereocenters. The van der Waals surface area contributed by atoms with Gasteiger partial charge in [0.25, 0.3) is 0 Å². The molecule has 0 spiro atoms. The number of nitrogens with one attached hydrogen (secondary N) is 1. The lowest BCUT2D eigenvalue weighted by atomic mass is 10.1. The van der Waals surface area contributed by atoms with Crippen LogP contribution in [0.15, 0.2) is 0 Å². The third-order valence-electron chi connectivity index (χ3n) is 1.69. The van der Waals surface area contributed by atoms with Gasteiger partial charge in [0.1, 0.15) is 5.78 Å². The number of hydrogen-bond acceptors (Lipinski definition) is 2. The highest BCUT2D eigenvalue weighted by Gasteiger charge is 2.09. The lowest BCUT2D eigenvalue weighted by Gasteiger charge is -2.07. The maximum atomic E-state index is 11.3. The van der Waals surface area contributed by atoms with Crippen molar-refractivity contribution >= 4 is 21.4 Å². The Morgan fingerprint density at radius 2 is 2.08 bits per heavy atom. The molecule has 0 radical (unpaired) electrons. The number of rotatable bonds is 5. The first kappa shape index (κ1) is 11.6. The second-order valence-corrected chi connectivity index (χ2v) is 5.53. The number of ketones is 1. The van der Waals surface area contributed by atoms with Gasteiger partial charge in [-0.3, -0.25) is 9.00 Å². The highest BCUT2D eigenvalue weighted by molar-refractivity contribution is 7.98. The molecule has 0 aliphatic rings. The van der Waals surface area contributed by atoms with Crippen molar-refractivity contribution in [3.8, 4) is 0 Å². The van der Waals surface area contributed by atoms with E-state index in [9.17, 15) is 9.00 Å². The van der Waals surface area contributed by atoms with Crippen molar-refractivity contribution in [1.29, 1.82) is 0 Å². The van der Waals surface area contributed by atoms with Crippen LogP contribution in [0.5, 0.6) is 0 Å². The highest BCUT2D eigenvalue weighted by atomic mass is 32.2. The predicted molar refractivity (Wildman–Crippen MR) is 53.7 cm³/mol. The molecule has 72 valence electrons. The fourth-order valence-corrected chi connectivity index (χ4v) is 1.39. The van der Waals surface area contributed by atoms with E-state index in [1.807, 2.05) is 13.8 Å². The number of carbonyl (C=O) groups is 1. The molecule has 0 aromatic rings. The molecular formula is C8H17NO2S. The zero-order valence-corrected chi connectivity index (χ0v) is 8.74. The lowest BCUT2D eigenvalue weighted by molar-refractivity contribution is -0.121. The Hall–Kier alpha value is -0.350. The second kappa shape index (κ2) is 4.62. The van der Waals surface area contributed by atoms with Gasteiger partial charge in [0.2, 0.25) is 0 Å². The fraction of sp³-hybridized carbons (Fsp3) is 0.750. The third kappa shape index (κ3) is 4.51. The Bertz CT molecular complexity index is 242. The topological polar surface area (TPSA) is 46.2 Å². The van der Waals surface area contributed by atoms with Crippen LogP contribution in [-0.2, 0) is 14.5 Å². The first-order valence-electron chi connectivity index (χ1n) is 3.95. The van der Waals surface area contributed by atoms with E-state index in [0.29, 0.717) is 12.2 Å². The molecule has 0 aromatic heterocycles. The Balaban J connectivity index is 3.93. The zero-order valence-electron chi connectivity index (χ0n) is 7.92. The molecule has 4 heteroatoms. The standard InChI is InChI=1S/C8H17NO2S/c1-7(2)8(10)5-6-12(4,11)9-3/h7H,4-6H2,1-3H3,(H,9,11). The van der Waals surface area contributed by atoms with Gasteiger partial charge in [-0.15, -0.1) is 0 Å². The molecule has 0 aliphatic carbocycles. The summed E-state index contributed by atoms with van der Waals surface area (Å²) in [5.41, 5.74) is 0. The molecule has 1 atom stereocenters. The molecule has 0 fully saturated rings. The Morgan fingerprint density at radius 3 is 2.42 bits per heavy atom. The van der Waals surface area contributed by atoms with E-state index in [0.717, 1.165) is 0 Å².